The Labute approximate surface area is 180 Å². The smallest absolute Gasteiger partial charge is 0.376 e. The number of nitrogens with one attached hydrogen (secondary N) is 1. The van der Waals surface area contributed by atoms with E-state index >= 15 is 0 Å². The van der Waals surface area contributed by atoms with Gasteiger partial charge in [0.2, 0.25) is 0 Å². The molecule has 2 aromatic carbocycles. The molecule has 0 fully saturated rings. The van der Waals surface area contributed by atoms with Crippen molar-refractivity contribution in [1.82, 2.24) is 15.1 Å². The van der Waals surface area contributed by atoms with Crippen molar-refractivity contribution in [3.63, 3.8) is 0 Å². The SMILES string of the molecule is COC(=O)C(=O)C(Cc1ccccc1)NC(=O)c1cn(C(F)F)nc1-c1ccccc1F. The van der Waals surface area contributed by atoms with Crippen molar-refractivity contribution in [2.75, 3.05) is 7.11 Å². The number of nitrogens with zero attached hydrogens (tertiary/aromatic N) is 2. The van der Waals surface area contributed by atoms with Gasteiger partial charge in [-0.15, -0.1) is 0 Å². The molecule has 1 heterocycles. The number of ether oxygens (including phenoxy) is 1. The molecule has 0 aliphatic carbocycles. The number of ketones is 1. The first-order valence-corrected chi connectivity index (χ1v) is 9.41. The minimum Gasteiger partial charge on any atom is -0.463 e. The molecule has 0 aliphatic rings. The van der Waals surface area contributed by atoms with Crippen LogP contribution in [0.4, 0.5) is 13.2 Å². The molecular formula is C22H18F3N3O4. The molecule has 0 saturated heterocycles. The minimum absolute atomic E-state index is 0.0570. The number of alkyl halides is 2. The molecule has 0 saturated carbocycles. The van der Waals surface area contributed by atoms with Crippen LogP contribution in [-0.2, 0) is 20.7 Å². The highest BCUT2D eigenvalue weighted by Crippen LogP contribution is 2.27. The Hall–Kier alpha value is -3.95. The second-order valence-corrected chi connectivity index (χ2v) is 6.70. The van der Waals surface area contributed by atoms with Crippen LogP contribution in [0.1, 0.15) is 22.5 Å². The van der Waals surface area contributed by atoms with Gasteiger partial charge in [0.15, 0.2) is 0 Å². The van der Waals surface area contributed by atoms with Crippen LogP contribution in [0, 0.1) is 5.82 Å². The summed E-state index contributed by atoms with van der Waals surface area (Å²) in [4.78, 5) is 37.2. The zero-order valence-corrected chi connectivity index (χ0v) is 16.8. The summed E-state index contributed by atoms with van der Waals surface area (Å²) in [6, 6.07) is 12.4. The van der Waals surface area contributed by atoms with Crippen molar-refractivity contribution in [3.05, 3.63) is 77.7 Å². The van der Waals surface area contributed by atoms with Gasteiger partial charge in [-0.2, -0.15) is 13.9 Å². The summed E-state index contributed by atoms with van der Waals surface area (Å²) in [5.41, 5.74) is -0.250. The topological polar surface area (TPSA) is 90.3 Å². The number of methoxy groups -OCH3 is 1. The molecule has 7 nitrogen and oxygen atoms in total. The Morgan fingerprint density at radius 1 is 1.06 bits per heavy atom. The van der Waals surface area contributed by atoms with E-state index in [0.29, 0.717) is 5.56 Å². The molecule has 1 amide bonds. The first kappa shape index (κ1) is 22.7. The van der Waals surface area contributed by atoms with Gasteiger partial charge in [-0.3, -0.25) is 9.59 Å². The van der Waals surface area contributed by atoms with E-state index < -0.39 is 36.1 Å². The van der Waals surface area contributed by atoms with E-state index in [0.717, 1.165) is 19.4 Å². The van der Waals surface area contributed by atoms with Crippen LogP contribution in [0.5, 0.6) is 0 Å². The lowest BCUT2D eigenvalue weighted by Gasteiger charge is -2.16. The van der Waals surface area contributed by atoms with Gasteiger partial charge in [0.1, 0.15) is 17.6 Å². The van der Waals surface area contributed by atoms with Crippen molar-refractivity contribution in [1.29, 1.82) is 0 Å². The maximum absolute atomic E-state index is 14.3. The molecule has 1 atom stereocenters. The van der Waals surface area contributed by atoms with E-state index in [1.54, 1.807) is 30.3 Å². The predicted molar refractivity (Wildman–Crippen MR) is 107 cm³/mol. The van der Waals surface area contributed by atoms with Crippen LogP contribution in [0.2, 0.25) is 0 Å². The van der Waals surface area contributed by atoms with Crippen molar-refractivity contribution in [2.45, 2.75) is 19.0 Å². The fraction of sp³-hybridized carbons (Fsp3) is 0.182. The number of Topliss-reactive ketones (excluding diaryl/α,β-unsaturated/α-hetero) is 1. The van der Waals surface area contributed by atoms with Gasteiger partial charge in [-0.25, -0.2) is 13.9 Å². The molecule has 10 heteroatoms. The normalized spacial score (nSPS) is 11.8. The van der Waals surface area contributed by atoms with Crippen LogP contribution in [0.3, 0.4) is 0 Å². The molecule has 166 valence electrons. The summed E-state index contributed by atoms with van der Waals surface area (Å²) >= 11 is 0. The molecule has 0 radical (unpaired) electrons. The Morgan fingerprint density at radius 2 is 1.72 bits per heavy atom. The lowest BCUT2D eigenvalue weighted by atomic mass is 10.0. The number of hydrogen-bond donors (Lipinski definition) is 1. The molecule has 0 spiro atoms. The van der Waals surface area contributed by atoms with Gasteiger partial charge in [0, 0.05) is 18.2 Å². The van der Waals surface area contributed by atoms with E-state index in [-0.39, 0.29) is 27.9 Å². The number of benzene rings is 2. The van der Waals surface area contributed by atoms with Crippen molar-refractivity contribution < 1.29 is 32.3 Å². The number of amides is 1. The van der Waals surface area contributed by atoms with Gasteiger partial charge >= 0.3 is 12.5 Å². The molecule has 1 unspecified atom stereocenters. The number of rotatable bonds is 8. The van der Waals surface area contributed by atoms with E-state index in [2.05, 4.69) is 15.2 Å². The molecule has 1 N–H and O–H groups in total. The van der Waals surface area contributed by atoms with E-state index in [1.165, 1.54) is 18.2 Å². The van der Waals surface area contributed by atoms with Crippen LogP contribution >= 0.6 is 0 Å². The maximum Gasteiger partial charge on any atom is 0.376 e. The number of aromatic nitrogens is 2. The second-order valence-electron chi connectivity index (χ2n) is 6.70. The highest BCUT2D eigenvalue weighted by molar-refractivity contribution is 6.36. The average molecular weight is 445 g/mol. The van der Waals surface area contributed by atoms with Gasteiger partial charge in [-0.1, -0.05) is 42.5 Å². The lowest BCUT2D eigenvalue weighted by Crippen LogP contribution is -2.45. The Kier molecular flexibility index (Phi) is 7.04. The fourth-order valence-corrected chi connectivity index (χ4v) is 3.05. The number of halogens is 3. The van der Waals surface area contributed by atoms with E-state index in [9.17, 15) is 27.6 Å². The Morgan fingerprint density at radius 3 is 2.34 bits per heavy atom. The molecule has 3 rings (SSSR count). The largest absolute Gasteiger partial charge is 0.463 e. The van der Waals surface area contributed by atoms with Gasteiger partial charge in [0.05, 0.1) is 12.7 Å². The zero-order chi connectivity index (χ0) is 23.3. The molecular weight excluding hydrogens is 427 g/mol. The first-order chi connectivity index (χ1) is 15.3. The quantitative estimate of drug-likeness (QED) is 0.425. The summed E-state index contributed by atoms with van der Waals surface area (Å²) in [6.07, 6.45) is 0.697. The van der Waals surface area contributed by atoms with Crippen molar-refractivity contribution in [2.24, 2.45) is 0 Å². The third-order valence-electron chi connectivity index (χ3n) is 4.60. The number of carbonyl (C=O) groups is 3. The zero-order valence-electron chi connectivity index (χ0n) is 16.8. The number of carbonyl (C=O) groups excluding carboxylic acids is 3. The van der Waals surface area contributed by atoms with Crippen LogP contribution in [0.15, 0.2) is 60.8 Å². The highest BCUT2D eigenvalue weighted by atomic mass is 19.3. The van der Waals surface area contributed by atoms with Crippen LogP contribution in [0.25, 0.3) is 11.3 Å². The number of esters is 1. The number of hydrogen-bond acceptors (Lipinski definition) is 5. The van der Waals surface area contributed by atoms with Gasteiger partial charge in [0.25, 0.3) is 11.7 Å². The molecule has 0 aliphatic heterocycles. The molecule has 3 aromatic rings. The molecule has 32 heavy (non-hydrogen) atoms. The molecule has 0 bridgehead atoms. The standard InChI is InChI=1S/C22H18F3N3O4/c1-32-21(31)19(29)17(11-13-7-3-2-4-8-13)26-20(30)15-12-28(22(24)25)27-18(15)14-9-5-6-10-16(14)23/h2-10,12,17,22H,11H2,1H3,(H,26,30). The van der Waals surface area contributed by atoms with Crippen LogP contribution < -0.4 is 5.32 Å². The van der Waals surface area contributed by atoms with Crippen LogP contribution in [-0.4, -0.2) is 40.6 Å². The monoisotopic (exact) mass is 445 g/mol. The third-order valence-corrected chi connectivity index (χ3v) is 4.60. The third kappa shape index (κ3) is 5.02. The van der Waals surface area contributed by atoms with Crippen molar-refractivity contribution in [3.8, 4) is 11.3 Å². The summed E-state index contributed by atoms with van der Waals surface area (Å²) in [5, 5.41) is 6.01. The van der Waals surface area contributed by atoms with Gasteiger partial charge in [-0.05, 0) is 17.7 Å². The Balaban J connectivity index is 1.97. The first-order valence-electron chi connectivity index (χ1n) is 9.41. The highest BCUT2D eigenvalue weighted by Gasteiger charge is 2.30. The lowest BCUT2D eigenvalue weighted by molar-refractivity contribution is -0.152. The minimum atomic E-state index is -3.08. The van der Waals surface area contributed by atoms with Gasteiger partial charge < -0.3 is 10.1 Å². The predicted octanol–water partition coefficient (Wildman–Crippen LogP) is 3.17. The fourth-order valence-electron chi connectivity index (χ4n) is 3.05. The van der Waals surface area contributed by atoms with E-state index in [4.69, 9.17) is 0 Å². The second kappa shape index (κ2) is 9.90. The summed E-state index contributed by atoms with van der Waals surface area (Å²) < 4.78 is 45.4. The molecule has 1 aromatic heterocycles. The summed E-state index contributed by atoms with van der Waals surface area (Å²) in [7, 11) is 1.02. The summed E-state index contributed by atoms with van der Waals surface area (Å²) in [6.45, 7) is -3.08. The summed E-state index contributed by atoms with van der Waals surface area (Å²) in [5.74, 6) is -3.96. The Bertz CT molecular complexity index is 1130. The van der Waals surface area contributed by atoms with E-state index in [1.807, 2.05) is 0 Å². The maximum atomic E-state index is 14.3. The average Bonchev–Trinajstić information content (AvgIpc) is 3.24. The van der Waals surface area contributed by atoms with Crippen molar-refractivity contribution >= 4 is 17.7 Å².